The van der Waals surface area contributed by atoms with E-state index < -0.39 is 0 Å². The fourth-order valence-electron chi connectivity index (χ4n) is 3.07. The van der Waals surface area contributed by atoms with Crippen LogP contribution in [0, 0.1) is 13.8 Å². The molecule has 0 unspecified atom stereocenters. The third kappa shape index (κ3) is 4.02. The number of carbonyl (C=O) groups excluding carboxylic acids is 1. The summed E-state index contributed by atoms with van der Waals surface area (Å²) in [5.74, 6) is 0.0833. The molecule has 0 aliphatic carbocycles. The first kappa shape index (κ1) is 17.9. The topological polar surface area (TPSA) is 56.0 Å². The number of likely N-dealkylation sites (N-methyl/N-ethyl adjacent to an activating group) is 1. The minimum Gasteiger partial charge on any atom is -0.341 e. The number of hydrogen-bond acceptors (Lipinski definition) is 3. The highest BCUT2D eigenvalue weighted by Gasteiger charge is 2.17. The quantitative estimate of drug-likeness (QED) is 0.686. The number of benzene rings is 1. The normalized spacial score (nSPS) is 10.9. The van der Waals surface area contributed by atoms with E-state index in [1.165, 1.54) is 5.56 Å². The second-order valence-corrected chi connectivity index (χ2v) is 6.73. The lowest BCUT2D eigenvalue weighted by Crippen LogP contribution is -2.28. The van der Waals surface area contributed by atoms with Gasteiger partial charge in [0.2, 0.25) is 5.91 Å². The zero-order chi connectivity index (χ0) is 18.7. The Morgan fingerprint density at radius 3 is 2.54 bits per heavy atom. The van der Waals surface area contributed by atoms with Crippen LogP contribution in [-0.2, 0) is 31.4 Å². The summed E-state index contributed by atoms with van der Waals surface area (Å²) in [7, 11) is 3.74. The van der Waals surface area contributed by atoms with Gasteiger partial charge in [-0.2, -0.15) is 10.2 Å². The Balaban J connectivity index is 1.61. The molecular weight excluding hydrogens is 326 g/mol. The second kappa shape index (κ2) is 7.56. The first-order valence-corrected chi connectivity index (χ1v) is 8.72. The molecule has 1 aromatic carbocycles. The highest BCUT2D eigenvalue weighted by molar-refractivity contribution is 5.79. The molecule has 0 saturated carbocycles. The molecule has 0 fully saturated rings. The zero-order valence-electron chi connectivity index (χ0n) is 15.8. The first-order valence-electron chi connectivity index (χ1n) is 8.72. The van der Waals surface area contributed by atoms with Crippen LogP contribution < -0.4 is 0 Å². The van der Waals surface area contributed by atoms with Gasteiger partial charge >= 0.3 is 0 Å². The minimum atomic E-state index is 0.0833. The van der Waals surface area contributed by atoms with Crippen molar-refractivity contribution in [3.63, 3.8) is 0 Å². The van der Waals surface area contributed by atoms with E-state index in [0.29, 0.717) is 13.0 Å². The predicted molar refractivity (Wildman–Crippen MR) is 101 cm³/mol. The molecule has 0 bridgehead atoms. The average Bonchev–Trinajstić information content (AvgIpc) is 3.15. The number of amides is 1. The van der Waals surface area contributed by atoms with Crippen LogP contribution in [0.25, 0.3) is 0 Å². The van der Waals surface area contributed by atoms with Crippen LogP contribution >= 0.6 is 0 Å². The van der Waals surface area contributed by atoms with Gasteiger partial charge in [-0.1, -0.05) is 30.3 Å². The second-order valence-electron chi connectivity index (χ2n) is 6.73. The molecule has 0 radical (unpaired) electrons. The third-order valence-corrected chi connectivity index (χ3v) is 4.71. The predicted octanol–water partition coefficient (Wildman–Crippen LogP) is 2.48. The number of aryl methyl sites for hydroxylation is 2. The Kier molecular flexibility index (Phi) is 5.21. The Morgan fingerprint density at radius 1 is 1.15 bits per heavy atom. The summed E-state index contributed by atoms with van der Waals surface area (Å²) in [6.07, 6.45) is 4.20. The molecule has 0 atom stereocenters. The Hall–Kier alpha value is -2.89. The highest BCUT2D eigenvalue weighted by atomic mass is 16.2. The Bertz CT molecular complexity index is 894. The summed E-state index contributed by atoms with van der Waals surface area (Å²) >= 11 is 0. The Morgan fingerprint density at radius 2 is 1.88 bits per heavy atom. The van der Waals surface area contributed by atoms with E-state index in [-0.39, 0.29) is 5.91 Å². The smallest absolute Gasteiger partial charge is 0.227 e. The molecule has 0 aliphatic heterocycles. The molecule has 3 aromatic rings. The van der Waals surface area contributed by atoms with E-state index >= 15 is 0 Å². The molecule has 0 aliphatic rings. The summed E-state index contributed by atoms with van der Waals surface area (Å²) in [5, 5.41) is 8.79. The van der Waals surface area contributed by atoms with E-state index in [1.54, 1.807) is 4.90 Å². The molecule has 26 heavy (non-hydrogen) atoms. The first-order chi connectivity index (χ1) is 12.4. The maximum Gasteiger partial charge on any atom is 0.227 e. The van der Waals surface area contributed by atoms with Crippen molar-refractivity contribution in [1.82, 2.24) is 24.5 Å². The van der Waals surface area contributed by atoms with E-state index in [1.807, 2.05) is 67.9 Å². The summed E-state index contributed by atoms with van der Waals surface area (Å²) < 4.78 is 3.73. The fraction of sp³-hybridized carbons (Fsp3) is 0.350. The van der Waals surface area contributed by atoms with E-state index in [2.05, 4.69) is 22.3 Å². The fourth-order valence-corrected chi connectivity index (χ4v) is 3.07. The van der Waals surface area contributed by atoms with Crippen molar-refractivity contribution >= 4 is 5.91 Å². The van der Waals surface area contributed by atoms with Crippen molar-refractivity contribution in [3.05, 3.63) is 70.8 Å². The van der Waals surface area contributed by atoms with Gasteiger partial charge in [0.05, 0.1) is 24.9 Å². The Labute approximate surface area is 154 Å². The summed E-state index contributed by atoms with van der Waals surface area (Å²) in [4.78, 5) is 14.3. The van der Waals surface area contributed by atoms with Crippen LogP contribution in [0.3, 0.4) is 0 Å². The summed E-state index contributed by atoms with van der Waals surface area (Å²) in [5.41, 5.74) is 5.21. The van der Waals surface area contributed by atoms with Crippen molar-refractivity contribution in [2.45, 2.75) is 33.4 Å². The molecule has 6 heteroatoms. The van der Waals surface area contributed by atoms with Crippen molar-refractivity contribution in [3.8, 4) is 0 Å². The van der Waals surface area contributed by atoms with Crippen molar-refractivity contribution in [2.75, 3.05) is 7.05 Å². The van der Waals surface area contributed by atoms with Gasteiger partial charge in [-0.15, -0.1) is 0 Å². The number of carbonyl (C=O) groups is 1. The summed E-state index contributed by atoms with van der Waals surface area (Å²) in [6, 6.07) is 10.2. The maximum atomic E-state index is 12.6. The molecule has 2 heterocycles. The minimum absolute atomic E-state index is 0.0833. The maximum absolute atomic E-state index is 12.6. The number of rotatable bonds is 6. The summed E-state index contributed by atoms with van der Waals surface area (Å²) in [6.45, 7) is 5.22. The monoisotopic (exact) mass is 351 g/mol. The molecule has 0 saturated heterocycles. The number of hydrogen-bond donors (Lipinski definition) is 0. The van der Waals surface area contributed by atoms with E-state index in [9.17, 15) is 4.79 Å². The van der Waals surface area contributed by atoms with Gasteiger partial charge in [0, 0.05) is 43.7 Å². The van der Waals surface area contributed by atoms with Gasteiger partial charge in [0.25, 0.3) is 0 Å². The van der Waals surface area contributed by atoms with Gasteiger partial charge < -0.3 is 4.90 Å². The molecule has 0 spiro atoms. The van der Waals surface area contributed by atoms with Crippen molar-refractivity contribution in [1.29, 1.82) is 0 Å². The van der Waals surface area contributed by atoms with Crippen LogP contribution in [0.1, 0.15) is 28.1 Å². The standard InChI is InChI=1S/C20H25N5O/c1-15-19(16(2)24(4)22-15)10-20(26)23(3)12-18-11-21-25(14-18)13-17-8-6-5-7-9-17/h5-9,11,14H,10,12-13H2,1-4H3. The molecule has 3 rings (SSSR count). The van der Waals surface area contributed by atoms with Gasteiger partial charge in [-0.3, -0.25) is 14.2 Å². The molecule has 1 amide bonds. The molecular formula is C20H25N5O. The van der Waals surface area contributed by atoms with Crippen LogP contribution in [0.2, 0.25) is 0 Å². The third-order valence-electron chi connectivity index (χ3n) is 4.71. The largest absolute Gasteiger partial charge is 0.341 e. The SMILES string of the molecule is Cc1nn(C)c(C)c1CC(=O)N(C)Cc1cnn(Cc2ccccc2)c1. The van der Waals surface area contributed by atoms with E-state index in [4.69, 9.17) is 0 Å². The van der Waals surface area contributed by atoms with Gasteiger partial charge in [0.15, 0.2) is 0 Å². The van der Waals surface area contributed by atoms with Crippen LogP contribution in [0.5, 0.6) is 0 Å². The molecule has 136 valence electrons. The van der Waals surface area contributed by atoms with Crippen LogP contribution in [0.4, 0.5) is 0 Å². The number of aromatic nitrogens is 4. The highest BCUT2D eigenvalue weighted by Crippen LogP contribution is 2.14. The molecule has 2 aromatic heterocycles. The van der Waals surface area contributed by atoms with Crippen molar-refractivity contribution in [2.24, 2.45) is 7.05 Å². The molecule has 6 nitrogen and oxygen atoms in total. The zero-order valence-corrected chi connectivity index (χ0v) is 15.8. The molecule has 0 N–H and O–H groups in total. The van der Waals surface area contributed by atoms with Gasteiger partial charge in [0.1, 0.15) is 0 Å². The average molecular weight is 351 g/mol. The number of nitrogens with zero attached hydrogens (tertiary/aromatic N) is 5. The van der Waals surface area contributed by atoms with Gasteiger partial charge in [-0.05, 0) is 19.4 Å². The van der Waals surface area contributed by atoms with E-state index in [0.717, 1.165) is 29.1 Å². The van der Waals surface area contributed by atoms with Crippen LogP contribution in [-0.4, -0.2) is 37.4 Å². The van der Waals surface area contributed by atoms with Crippen LogP contribution in [0.15, 0.2) is 42.7 Å². The lowest BCUT2D eigenvalue weighted by Gasteiger charge is -2.16. The lowest BCUT2D eigenvalue weighted by molar-refractivity contribution is -0.129. The van der Waals surface area contributed by atoms with Gasteiger partial charge in [-0.25, -0.2) is 0 Å². The van der Waals surface area contributed by atoms with Crippen molar-refractivity contribution < 1.29 is 4.79 Å². The lowest BCUT2D eigenvalue weighted by atomic mass is 10.1.